The fourth-order valence-corrected chi connectivity index (χ4v) is 15.5. The van der Waals surface area contributed by atoms with Crippen molar-refractivity contribution in [3.8, 4) is 0 Å². The molecule has 712 valence electrons. The summed E-state index contributed by atoms with van der Waals surface area (Å²) in [5.41, 5.74) is 0. The van der Waals surface area contributed by atoms with Crippen LogP contribution in [0.5, 0.6) is 0 Å². The predicted octanol–water partition coefficient (Wildman–Crippen LogP) is -23.8. The van der Waals surface area contributed by atoms with Gasteiger partial charge in [-0.05, 0) is 0 Å². The summed E-state index contributed by atoms with van der Waals surface area (Å²) in [6.07, 6.45) is -72.0. The van der Waals surface area contributed by atoms with Crippen molar-refractivity contribution in [2.75, 3.05) is 59.5 Å². The minimum Gasteiger partial charge on any atom is -0.412 e. The standard InChI is InChI=1S/C24H42O21.C18H32O16.C6H18O24P6.4H2O/c25-1-6-10(28)14(32)17(35)21(41-6)39-3-8-11(29)15(33)18(36)22(42-8)40-4-9-12(30)16(34)19(37)23(43-9)45-24(5-27)20(38)13(31)7(2-26)44-24;19-1-5-8(22)11(25)13(27)16(31-5)30-3-7-9(23)12(26)14(28)17(32-7)34-18(4-21)15(29)10(24)6(2-20)33-18;7-31(8,9)25-1-2(26-32(10,11)12)4(28-34(16,17)18)6(30-36(22,23)24)5(29-35(19,20)21)3(1)27-33(13,14)15;;;;/h6-23,25-38H,1-5H2;5-17,19-29H,1-4H2;1-6H,(H2,7,8,9)(H2,10,11,12)(H2,13,14,15)(H2,16,17,18)(H2,19,20,21)(H2,22,23,24);4*1H2/t6-,7-,8-,9-,10+,11+,12-,13-,14+,15+,16+,17-,18-,19-,20+,21+,22+,23-,24+;5-,6-,7-,8+,9-,10-,11+,12+,13-,14-,15+,16+,17-,18+;;;;;/m11...../s1. The largest absolute Gasteiger partial charge is 0.470 e. The molecule has 7 heterocycles. The fourth-order valence-electron chi connectivity index (χ4n) is 12.2. The van der Waals surface area contributed by atoms with Crippen molar-refractivity contribution < 1.29 is 320 Å². The molecular formula is C48H100O65P6. The Morgan fingerprint density at radius 3 is 0.588 bits per heavy atom. The molecular weight excluding hydrogens is 1800 g/mol. The van der Waals surface area contributed by atoms with Crippen LogP contribution in [-0.2, 0) is 111 Å². The van der Waals surface area contributed by atoms with Crippen LogP contribution in [0.3, 0.4) is 0 Å². The molecule has 0 spiro atoms. The zero-order valence-corrected chi connectivity index (χ0v) is 65.1. The van der Waals surface area contributed by atoms with Gasteiger partial charge >= 0.3 is 46.9 Å². The predicted molar refractivity (Wildman–Crippen MR) is 351 cm³/mol. The summed E-state index contributed by atoms with van der Waals surface area (Å²) in [6, 6.07) is 0. The van der Waals surface area contributed by atoms with E-state index in [-0.39, 0.29) is 21.9 Å². The van der Waals surface area contributed by atoms with E-state index in [1.165, 1.54) is 0 Å². The summed E-state index contributed by atoms with van der Waals surface area (Å²) in [5.74, 6) is -4.79. The van der Waals surface area contributed by atoms with E-state index in [4.69, 9.17) is 116 Å². The summed E-state index contributed by atoms with van der Waals surface area (Å²) in [5, 5.41) is 250. The van der Waals surface area contributed by atoms with Crippen LogP contribution in [0.2, 0.25) is 0 Å². The molecule has 8 fully saturated rings. The van der Waals surface area contributed by atoms with Gasteiger partial charge in [0.25, 0.3) is 0 Å². The molecule has 0 aromatic heterocycles. The Balaban J connectivity index is 0.000000602. The average Bonchev–Trinajstić information content (AvgIpc) is 1.50. The van der Waals surface area contributed by atoms with E-state index in [1.54, 1.807) is 0 Å². The number of aliphatic hydroxyl groups excluding tert-OH is 25. The van der Waals surface area contributed by atoms with Gasteiger partial charge in [0, 0.05) is 0 Å². The smallest absolute Gasteiger partial charge is 0.412 e. The van der Waals surface area contributed by atoms with E-state index >= 15 is 0 Å². The monoisotopic (exact) mass is 1900 g/mol. The molecule has 0 aromatic carbocycles. The summed E-state index contributed by atoms with van der Waals surface area (Å²) >= 11 is 0. The lowest BCUT2D eigenvalue weighted by Gasteiger charge is -2.48. The Bertz CT molecular complexity index is 3080. The molecule has 8 aliphatic rings. The third kappa shape index (κ3) is 29.3. The summed E-state index contributed by atoms with van der Waals surface area (Å²) < 4.78 is 157. The number of hydrogen-bond donors (Lipinski definition) is 37. The highest BCUT2D eigenvalue weighted by atomic mass is 31.2. The van der Waals surface area contributed by atoms with Crippen LogP contribution in [0.25, 0.3) is 0 Å². The Kier molecular flexibility index (Phi) is 44.1. The van der Waals surface area contributed by atoms with Crippen LogP contribution in [0.1, 0.15) is 0 Å². The minimum absolute atomic E-state index is 0. The van der Waals surface area contributed by atoms with Crippen molar-refractivity contribution in [1.82, 2.24) is 0 Å². The highest BCUT2D eigenvalue weighted by Crippen LogP contribution is 2.58. The molecule has 0 amide bonds. The quantitative estimate of drug-likeness (QED) is 0.0287. The fraction of sp³-hybridized carbons (Fsp3) is 1.00. The van der Waals surface area contributed by atoms with E-state index < -0.39 is 345 Å². The highest BCUT2D eigenvalue weighted by Gasteiger charge is 2.65. The van der Waals surface area contributed by atoms with Crippen LogP contribution in [0.4, 0.5) is 0 Å². The number of rotatable bonds is 31. The number of aliphatic hydroxyl groups is 25. The number of hydrogen-bond acceptors (Lipinski definition) is 49. The van der Waals surface area contributed by atoms with Crippen molar-refractivity contribution in [1.29, 1.82) is 0 Å². The van der Waals surface area contributed by atoms with Crippen LogP contribution < -0.4 is 0 Å². The van der Waals surface area contributed by atoms with Crippen molar-refractivity contribution in [3.05, 3.63) is 0 Å². The molecule has 71 heteroatoms. The van der Waals surface area contributed by atoms with Gasteiger partial charge in [0.1, 0.15) is 209 Å². The molecule has 7 saturated heterocycles. The van der Waals surface area contributed by atoms with Gasteiger partial charge in [-0.3, -0.25) is 27.1 Å². The maximum absolute atomic E-state index is 11.4. The van der Waals surface area contributed by atoms with Crippen LogP contribution in [0.15, 0.2) is 0 Å². The Labute approximate surface area is 663 Å². The first-order valence-electron chi connectivity index (χ1n) is 32.6. The molecule has 119 heavy (non-hydrogen) atoms. The average molecular weight is 1900 g/mol. The first kappa shape index (κ1) is 114. The van der Waals surface area contributed by atoms with Gasteiger partial charge in [-0.15, -0.1) is 0 Å². The van der Waals surface area contributed by atoms with Gasteiger partial charge < -0.3 is 265 Å². The van der Waals surface area contributed by atoms with E-state index in [9.17, 15) is 155 Å². The van der Waals surface area contributed by atoms with Gasteiger partial charge in [-0.1, -0.05) is 0 Å². The maximum atomic E-state index is 11.4. The zero-order chi connectivity index (χ0) is 87.5. The number of phosphoric acid groups is 6. The highest BCUT2D eigenvalue weighted by molar-refractivity contribution is 7.47. The maximum Gasteiger partial charge on any atom is 0.470 e. The second-order valence-corrected chi connectivity index (χ2v) is 33.2. The first-order valence-corrected chi connectivity index (χ1v) is 41.8. The van der Waals surface area contributed by atoms with Crippen molar-refractivity contribution in [2.45, 2.75) is 238 Å². The van der Waals surface area contributed by atoms with Crippen molar-refractivity contribution in [2.24, 2.45) is 0 Å². The van der Waals surface area contributed by atoms with Gasteiger partial charge in [-0.2, -0.15) is 0 Å². The zero-order valence-electron chi connectivity index (χ0n) is 59.8. The summed E-state index contributed by atoms with van der Waals surface area (Å²) in [6.45, 7) is -7.16. The molecule has 0 aromatic rings. The topological polar surface area (TPSA) is 1140 Å². The molecule has 45 N–H and O–H groups in total. The van der Waals surface area contributed by atoms with E-state index in [2.05, 4.69) is 27.1 Å². The van der Waals surface area contributed by atoms with Gasteiger partial charge in [0.05, 0.1) is 46.2 Å². The van der Waals surface area contributed by atoms with Gasteiger partial charge in [0.2, 0.25) is 11.6 Å². The van der Waals surface area contributed by atoms with E-state index in [0.29, 0.717) is 0 Å². The Hall–Kier alpha value is -0.980. The SMILES string of the molecule is O.O.O.O.O=P(O)(O)OC1C(OP(=O)(O)O)C(OP(=O)(O)O)C(OP(=O)(O)O)C(OP(=O)(O)O)C1OP(=O)(O)O.OC[C@H]1O[C@H](OC[C@H]2O[C@H](OC[C@H]3O[C@H](O[C@]4(CO)O[C@H](CO)[C@@H](O)[C@@H]4O)[C@H](O)[C@@H](O)[C@@H]3O)[C@H](O)[C@@H](O)[C@H]2O)[C@H](O)[C@@H](O)[C@H]1O.OC[C@H]1O[C@H](OC[C@H]2O[C@H](O[C@]3(CO)O[C@H](CO)[C@@H](O)[C@@H]3O)[C@H](O)[C@@H](O)[C@@H]2O)[C@H](O)[C@@H](O)[C@H]1O. The first-order chi connectivity index (χ1) is 52.8. The third-order valence-electron chi connectivity index (χ3n) is 17.9. The molecule has 1 saturated carbocycles. The molecule has 1 aliphatic carbocycles. The lowest BCUT2D eigenvalue weighted by atomic mass is 9.85. The Morgan fingerprint density at radius 1 is 0.235 bits per heavy atom. The second-order valence-electron chi connectivity index (χ2n) is 26.0. The summed E-state index contributed by atoms with van der Waals surface area (Å²) in [7, 11) is -36.1. The molecule has 0 radical (unpaired) electrons. The van der Waals surface area contributed by atoms with Crippen LogP contribution >= 0.6 is 46.9 Å². The number of phosphoric ester groups is 6. The van der Waals surface area contributed by atoms with E-state index in [1.807, 2.05) is 0 Å². The van der Waals surface area contributed by atoms with Crippen molar-refractivity contribution in [3.63, 3.8) is 0 Å². The van der Waals surface area contributed by atoms with Crippen molar-refractivity contribution >= 4 is 46.9 Å². The molecule has 33 atom stereocenters. The second kappa shape index (κ2) is 46.0. The summed E-state index contributed by atoms with van der Waals surface area (Å²) in [4.78, 5) is 110. The van der Waals surface area contributed by atoms with Gasteiger partial charge in [-0.25, -0.2) is 27.4 Å². The lowest BCUT2D eigenvalue weighted by Crippen LogP contribution is -2.66. The van der Waals surface area contributed by atoms with Crippen LogP contribution in [-0.4, -0.2) is 506 Å². The Morgan fingerprint density at radius 2 is 0.412 bits per heavy atom. The third-order valence-corrected chi connectivity index (χ3v) is 21.0. The lowest BCUT2D eigenvalue weighted by molar-refractivity contribution is -0.388. The number of ether oxygens (including phenoxy) is 12. The van der Waals surface area contributed by atoms with Gasteiger partial charge in [0.15, 0.2) is 31.5 Å². The molecule has 0 unspecified atom stereocenters. The van der Waals surface area contributed by atoms with E-state index in [0.717, 1.165) is 0 Å². The molecule has 8 rings (SSSR count). The molecule has 0 bridgehead atoms. The normalized spacial score (nSPS) is 43.7. The van der Waals surface area contributed by atoms with Crippen LogP contribution in [0, 0.1) is 0 Å². The molecule has 65 nitrogen and oxygen atoms in total. The minimum atomic E-state index is -6.02. The molecule has 7 aliphatic heterocycles.